The fraction of sp³-hybridized carbons (Fsp3) is 0.250. The van der Waals surface area contributed by atoms with Gasteiger partial charge >= 0.3 is 0 Å². The fourth-order valence-electron chi connectivity index (χ4n) is 2.36. The molecule has 1 aliphatic heterocycles. The summed E-state index contributed by atoms with van der Waals surface area (Å²) in [6.07, 6.45) is 0. The number of aromatic hydroxyl groups is 1. The Labute approximate surface area is 92.7 Å². The number of aromatic nitrogens is 1. The van der Waals surface area contributed by atoms with Crippen LogP contribution in [-0.2, 0) is 13.1 Å². The van der Waals surface area contributed by atoms with Crippen LogP contribution in [0.4, 0.5) is 0 Å². The Balaban J connectivity index is 2.45. The summed E-state index contributed by atoms with van der Waals surface area (Å²) in [5, 5.41) is 24.1. The normalized spacial score (nSPS) is 14.7. The van der Waals surface area contributed by atoms with Gasteiger partial charge in [-0.1, -0.05) is 12.1 Å². The van der Waals surface area contributed by atoms with Crippen LogP contribution in [0.25, 0.3) is 10.8 Å². The van der Waals surface area contributed by atoms with Gasteiger partial charge in [0, 0.05) is 30.7 Å². The second-order valence-electron chi connectivity index (χ2n) is 3.94. The second kappa shape index (κ2) is 3.26. The molecule has 2 aromatic rings. The standard InChI is InChI=1S/C12H11N3O/c13-6-8-2-1-3-9-10-7-14-4-5-15(10)12(16)11(8)9/h1-3,14,16H,4-5,7H2. The number of nitrogens with one attached hydrogen (secondary N) is 1. The van der Waals surface area contributed by atoms with Crippen molar-refractivity contribution in [2.24, 2.45) is 0 Å². The molecule has 0 fully saturated rings. The lowest BCUT2D eigenvalue weighted by Crippen LogP contribution is -2.27. The van der Waals surface area contributed by atoms with Crippen molar-refractivity contribution in [3.8, 4) is 11.9 Å². The molecule has 0 amide bonds. The van der Waals surface area contributed by atoms with E-state index >= 15 is 0 Å². The van der Waals surface area contributed by atoms with Crippen molar-refractivity contribution in [2.45, 2.75) is 13.1 Å². The Bertz CT molecular complexity index is 607. The van der Waals surface area contributed by atoms with Gasteiger partial charge in [-0.15, -0.1) is 0 Å². The van der Waals surface area contributed by atoms with Crippen LogP contribution >= 0.6 is 0 Å². The van der Waals surface area contributed by atoms with Gasteiger partial charge in [-0.05, 0) is 6.07 Å². The maximum Gasteiger partial charge on any atom is 0.200 e. The van der Waals surface area contributed by atoms with Crippen LogP contribution in [0.15, 0.2) is 18.2 Å². The van der Waals surface area contributed by atoms with E-state index in [1.807, 2.05) is 16.7 Å². The molecule has 0 spiro atoms. The van der Waals surface area contributed by atoms with Crippen molar-refractivity contribution < 1.29 is 5.11 Å². The molecular formula is C12H11N3O. The SMILES string of the molecule is N#Cc1cccc2c3n(c(O)c12)CCNC3. The molecule has 0 bridgehead atoms. The van der Waals surface area contributed by atoms with Crippen LogP contribution in [-0.4, -0.2) is 16.2 Å². The molecule has 0 saturated carbocycles. The van der Waals surface area contributed by atoms with Gasteiger partial charge in [0.1, 0.15) is 0 Å². The minimum Gasteiger partial charge on any atom is -0.494 e. The monoisotopic (exact) mass is 213 g/mol. The minimum atomic E-state index is 0.226. The fourth-order valence-corrected chi connectivity index (χ4v) is 2.36. The van der Waals surface area contributed by atoms with Crippen LogP contribution in [0.3, 0.4) is 0 Å². The van der Waals surface area contributed by atoms with E-state index in [0.29, 0.717) is 10.9 Å². The smallest absolute Gasteiger partial charge is 0.200 e. The molecule has 0 unspecified atom stereocenters. The Morgan fingerprint density at radius 1 is 1.44 bits per heavy atom. The number of rotatable bonds is 0. The van der Waals surface area contributed by atoms with Gasteiger partial charge in [0.2, 0.25) is 5.88 Å². The number of hydrogen-bond donors (Lipinski definition) is 2. The summed E-state index contributed by atoms with van der Waals surface area (Å²) in [5.41, 5.74) is 1.60. The van der Waals surface area contributed by atoms with Crippen LogP contribution in [0.5, 0.6) is 5.88 Å². The van der Waals surface area contributed by atoms with Crippen LogP contribution in [0.2, 0.25) is 0 Å². The van der Waals surface area contributed by atoms with Crippen molar-refractivity contribution >= 4 is 10.8 Å². The van der Waals surface area contributed by atoms with E-state index < -0.39 is 0 Å². The Morgan fingerprint density at radius 3 is 3.12 bits per heavy atom. The van der Waals surface area contributed by atoms with Crippen molar-refractivity contribution in [2.75, 3.05) is 6.54 Å². The number of hydrogen-bond acceptors (Lipinski definition) is 3. The van der Waals surface area contributed by atoms with Gasteiger partial charge in [-0.2, -0.15) is 5.26 Å². The zero-order chi connectivity index (χ0) is 11.1. The number of nitriles is 1. The maximum atomic E-state index is 10.1. The van der Waals surface area contributed by atoms with Gasteiger partial charge in [0.15, 0.2) is 0 Å². The minimum absolute atomic E-state index is 0.226. The molecule has 1 aliphatic rings. The highest BCUT2D eigenvalue weighted by atomic mass is 16.3. The average molecular weight is 213 g/mol. The first-order valence-electron chi connectivity index (χ1n) is 5.27. The van der Waals surface area contributed by atoms with Gasteiger partial charge in [-0.25, -0.2) is 0 Å². The van der Waals surface area contributed by atoms with Gasteiger partial charge in [0.05, 0.1) is 17.0 Å². The first-order chi connectivity index (χ1) is 7.83. The first-order valence-corrected chi connectivity index (χ1v) is 5.27. The van der Waals surface area contributed by atoms with Crippen molar-refractivity contribution in [3.05, 3.63) is 29.5 Å². The summed E-state index contributed by atoms with van der Waals surface area (Å²) in [6, 6.07) is 7.67. The highest BCUT2D eigenvalue weighted by Gasteiger charge is 2.20. The molecule has 1 aromatic carbocycles. The summed E-state index contributed by atoms with van der Waals surface area (Å²) in [4.78, 5) is 0. The molecule has 2 heterocycles. The van der Waals surface area contributed by atoms with E-state index in [4.69, 9.17) is 5.26 Å². The van der Waals surface area contributed by atoms with Gasteiger partial charge < -0.3 is 15.0 Å². The van der Waals surface area contributed by atoms with Crippen molar-refractivity contribution in [3.63, 3.8) is 0 Å². The van der Waals surface area contributed by atoms with Crippen LogP contribution in [0.1, 0.15) is 11.3 Å². The Hall–Kier alpha value is -1.99. The second-order valence-corrected chi connectivity index (χ2v) is 3.94. The van der Waals surface area contributed by atoms with E-state index in [2.05, 4.69) is 11.4 Å². The van der Waals surface area contributed by atoms with E-state index in [9.17, 15) is 5.11 Å². The molecule has 4 heteroatoms. The molecule has 1 aromatic heterocycles. The topological polar surface area (TPSA) is 61.0 Å². The van der Waals surface area contributed by atoms with E-state index in [1.54, 1.807) is 6.07 Å². The quantitative estimate of drug-likeness (QED) is 0.693. The highest BCUT2D eigenvalue weighted by Crippen LogP contribution is 2.34. The molecule has 2 N–H and O–H groups in total. The molecule has 4 nitrogen and oxygen atoms in total. The molecular weight excluding hydrogens is 202 g/mol. The molecule has 0 atom stereocenters. The van der Waals surface area contributed by atoms with E-state index in [-0.39, 0.29) is 5.88 Å². The van der Waals surface area contributed by atoms with Gasteiger partial charge in [0.25, 0.3) is 0 Å². The van der Waals surface area contributed by atoms with Crippen molar-refractivity contribution in [1.29, 1.82) is 5.26 Å². The Kier molecular flexibility index (Phi) is 1.88. The third kappa shape index (κ3) is 1.06. The summed E-state index contributed by atoms with van der Waals surface area (Å²) in [7, 11) is 0. The first kappa shape index (κ1) is 9.25. The summed E-state index contributed by atoms with van der Waals surface area (Å²) < 4.78 is 1.89. The summed E-state index contributed by atoms with van der Waals surface area (Å²) >= 11 is 0. The molecule has 80 valence electrons. The predicted octanol–water partition coefficient (Wildman–Crippen LogP) is 1.32. The predicted molar refractivity (Wildman–Crippen MR) is 60.0 cm³/mol. The maximum absolute atomic E-state index is 10.1. The zero-order valence-electron chi connectivity index (χ0n) is 8.70. The molecule has 0 radical (unpaired) electrons. The zero-order valence-corrected chi connectivity index (χ0v) is 8.70. The molecule has 16 heavy (non-hydrogen) atoms. The largest absolute Gasteiger partial charge is 0.494 e. The van der Waals surface area contributed by atoms with E-state index in [0.717, 1.165) is 30.7 Å². The lowest BCUT2D eigenvalue weighted by Gasteiger charge is -2.16. The summed E-state index contributed by atoms with van der Waals surface area (Å²) in [6.45, 7) is 2.34. The molecule has 0 aliphatic carbocycles. The lowest BCUT2D eigenvalue weighted by atomic mass is 10.1. The average Bonchev–Trinajstić information content (AvgIpc) is 2.64. The third-order valence-electron chi connectivity index (χ3n) is 3.11. The highest BCUT2D eigenvalue weighted by molar-refractivity contribution is 5.95. The number of nitrogens with zero attached hydrogens (tertiary/aromatic N) is 2. The Morgan fingerprint density at radius 2 is 2.31 bits per heavy atom. The van der Waals surface area contributed by atoms with Crippen LogP contribution in [0, 0.1) is 11.3 Å². The lowest BCUT2D eigenvalue weighted by molar-refractivity contribution is 0.396. The molecule has 0 saturated heterocycles. The van der Waals surface area contributed by atoms with E-state index in [1.165, 1.54) is 0 Å². The summed E-state index contributed by atoms with van der Waals surface area (Å²) in [5.74, 6) is 0.226. The van der Waals surface area contributed by atoms with Gasteiger partial charge in [-0.3, -0.25) is 0 Å². The van der Waals surface area contributed by atoms with Crippen molar-refractivity contribution in [1.82, 2.24) is 9.88 Å². The number of fused-ring (bicyclic) bond motifs is 3. The number of benzene rings is 1. The third-order valence-corrected chi connectivity index (χ3v) is 3.11. The molecule has 3 rings (SSSR count). The van der Waals surface area contributed by atoms with Crippen LogP contribution < -0.4 is 5.32 Å².